The molecule has 2 nitrogen and oxygen atoms in total. The van der Waals surface area contributed by atoms with Crippen molar-refractivity contribution in [1.29, 1.82) is 0 Å². The molecule has 1 fully saturated rings. The first-order valence-electron chi connectivity index (χ1n) is 6.64. The standard InChI is InChI=1S/C15H22ClNO/c1-11-6-5-9-15(10-11,18-2)14(17)12-7-3-4-8-13(12)16/h3-4,7-8,11,14H,5-6,9-10,17H2,1-2H3. The molecule has 3 heteroatoms. The number of hydrogen-bond donors (Lipinski definition) is 1. The van der Waals surface area contributed by atoms with Gasteiger partial charge in [0.15, 0.2) is 0 Å². The Morgan fingerprint density at radius 3 is 2.78 bits per heavy atom. The molecule has 1 saturated carbocycles. The number of benzene rings is 1. The minimum Gasteiger partial charge on any atom is -0.376 e. The van der Waals surface area contributed by atoms with Crippen LogP contribution in [0.15, 0.2) is 24.3 Å². The number of hydrogen-bond acceptors (Lipinski definition) is 2. The summed E-state index contributed by atoms with van der Waals surface area (Å²) in [6.45, 7) is 2.27. The van der Waals surface area contributed by atoms with Crippen LogP contribution in [0.1, 0.15) is 44.2 Å². The van der Waals surface area contributed by atoms with Crippen LogP contribution in [-0.4, -0.2) is 12.7 Å². The Kier molecular flexibility index (Phi) is 4.31. The summed E-state index contributed by atoms with van der Waals surface area (Å²) >= 11 is 6.26. The molecular formula is C15H22ClNO. The van der Waals surface area contributed by atoms with E-state index in [4.69, 9.17) is 22.1 Å². The molecule has 1 aliphatic carbocycles. The van der Waals surface area contributed by atoms with Crippen molar-refractivity contribution in [3.05, 3.63) is 34.9 Å². The molecule has 0 aromatic heterocycles. The molecule has 3 atom stereocenters. The highest BCUT2D eigenvalue weighted by molar-refractivity contribution is 6.31. The molecule has 0 aliphatic heterocycles. The monoisotopic (exact) mass is 267 g/mol. The average Bonchev–Trinajstić information content (AvgIpc) is 2.38. The zero-order chi connectivity index (χ0) is 13.2. The Hall–Kier alpha value is -0.570. The van der Waals surface area contributed by atoms with Crippen LogP contribution in [0.5, 0.6) is 0 Å². The second-order valence-electron chi connectivity index (χ2n) is 5.47. The predicted octanol–water partition coefficient (Wildman–Crippen LogP) is 3.94. The Bertz CT molecular complexity index is 409. The number of rotatable bonds is 3. The maximum absolute atomic E-state index is 6.47. The number of methoxy groups -OCH3 is 1. The highest BCUT2D eigenvalue weighted by Crippen LogP contribution is 2.43. The van der Waals surface area contributed by atoms with Gasteiger partial charge in [-0.2, -0.15) is 0 Å². The summed E-state index contributed by atoms with van der Waals surface area (Å²) in [5.74, 6) is 0.659. The van der Waals surface area contributed by atoms with E-state index in [1.54, 1.807) is 7.11 Å². The van der Waals surface area contributed by atoms with Crippen molar-refractivity contribution >= 4 is 11.6 Å². The molecule has 100 valence electrons. The van der Waals surface area contributed by atoms with Gasteiger partial charge in [-0.25, -0.2) is 0 Å². The summed E-state index contributed by atoms with van der Waals surface area (Å²) in [5, 5.41) is 0.736. The predicted molar refractivity (Wildman–Crippen MR) is 75.8 cm³/mol. The van der Waals surface area contributed by atoms with Gasteiger partial charge in [-0.3, -0.25) is 0 Å². The van der Waals surface area contributed by atoms with Gasteiger partial charge in [0.2, 0.25) is 0 Å². The zero-order valence-corrected chi connectivity index (χ0v) is 11.9. The first kappa shape index (κ1) is 13.9. The summed E-state index contributed by atoms with van der Waals surface area (Å²) in [6, 6.07) is 7.66. The normalized spacial score (nSPS) is 30.1. The maximum Gasteiger partial charge on any atom is 0.0873 e. The van der Waals surface area contributed by atoms with Crippen LogP contribution >= 0.6 is 11.6 Å². The largest absolute Gasteiger partial charge is 0.376 e. The molecule has 2 rings (SSSR count). The second-order valence-corrected chi connectivity index (χ2v) is 5.88. The van der Waals surface area contributed by atoms with Crippen molar-refractivity contribution in [1.82, 2.24) is 0 Å². The molecule has 0 heterocycles. The van der Waals surface area contributed by atoms with E-state index in [1.165, 1.54) is 12.8 Å². The van der Waals surface area contributed by atoms with E-state index < -0.39 is 0 Å². The van der Waals surface area contributed by atoms with Crippen molar-refractivity contribution in [3.63, 3.8) is 0 Å². The van der Waals surface area contributed by atoms with Crippen LogP contribution in [0.2, 0.25) is 5.02 Å². The van der Waals surface area contributed by atoms with Gasteiger partial charge in [-0.1, -0.05) is 49.6 Å². The number of halogens is 1. The van der Waals surface area contributed by atoms with Crippen molar-refractivity contribution in [2.45, 2.75) is 44.2 Å². The van der Waals surface area contributed by atoms with E-state index >= 15 is 0 Å². The van der Waals surface area contributed by atoms with Gasteiger partial charge in [0.25, 0.3) is 0 Å². The molecule has 0 bridgehead atoms. The van der Waals surface area contributed by atoms with Gasteiger partial charge in [-0.15, -0.1) is 0 Å². The maximum atomic E-state index is 6.47. The molecule has 0 amide bonds. The van der Waals surface area contributed by atoms with Gasteiger partial charge in [-0.05, 0) is 30.4 Å². The van der Waals surface area contributed by atoms with Crippen molar-refractivity contribution in [3.8, 4) is 0 Å². The van der Waals surface area contributed by atoms with Gasteiger partial charge < -0.3 is 10.5 Å². The molecule has 0 radical (unpaired) electrons. The summed E-state index contributed by atoms with van der Waals surface area (Å²) < 4.78 is 5.84. The summed E-state index contributed by atoms with van der Waals surface area (Å²) in [6.07, 6.45) is 4.46. The topological polar surface area (TPSA) is 35.2 Å². The Balaban J connectivity index is 2.30. The molecule has 0 spiro atoms. The molecule has 18 heavy (non-hydrogen) atoms. The third-order valence-corrected chi connectivity index (χ3v) is 4.55. The van der Waals surface area contributed by atoms with Gasteiger partial charge in [0, 0.05) is 12.1 Å². The Morgan fingerprint density at radius 2 is 2.17 bits per heavy atom. The van der Waals surface area contributed by atoms with Crippen LogP contribution in [0.3, 0.4) is 0 Å². The van der Waals surface area contributed by atoms with Crippen LogP contribution < -0.4 is 5.73 Å². The average molecular weight is 268 g/mol. The minimum atomic E-state index is -0.261. The first-order valence-corrected chi connectivity index (χ1v) is 7.02. The molecule has 1 aromatic carbocycles. The fourth-order valence-electron chi connectivity index (χ4n) is 3.15. The molecule has 2 N–H and O–H groups in total. The lowest BCUT2D eigenvalue weighted by molar-refractivity contribution is -0.0718. The lowest BCUT2D eigenvalue weighted by Crippen LogP contribution is -2.46. The second kappa shape index (κ2) is 5.60. The molecule has 0 saturated heterocycles. The fraction of sp³-hybridized carbons (Fsp3) is 0.600. The number of ether oxygens (including phenoxy) is 1. The Labute approximate surface area is 114 Å². The van der Waals surface area contributed by atoms with Crippen molar-refractivity contribution in [2.24, 2.45) is 11.7 Å². The van der Waals surface area contributed by atoms with E-state index in [0.29, 0.717) is 5.92 Å². The van der Waals surface area contributed by atoms with Crippen LogP contribution in [-0.2, 0) is 4.74 Å². The molecule has 1 aliphatic rings. The number of nitrogens with two attached hydrogens (primary N) is 1. The van der Waals surface area contributed by atoms with Gasteiger partial charge in [0.1, 0.15) is 0 Å². The molecular weight excluding hydrogens is 246 g/mol. The lowest BCUT2D eigenvalue weighted by atomic mass is 9.73. The third-order valence-electron chi connectivity index (χ3n) is 4.20. The van der Waals surface area contributed by atoms with Crippen LogP contribution in [0.25, 0.3) is 0 Å². The highest BCUT2D eigenvalue weighted by Gasteiger charge is 2.41. The SMILES string of the molecule is COC1(C(N)c2ccccc2Cl)CCCC(C)C1. The van der Waals surface area contributed by atoms with Crippen LogP contribution in [0, 0.1) is 5.92 Å². The van der Waals surface area contributed by atoms with E-state index in [9.17, 15) is 0 Å². The quantitative estimate of drug-likeness (QED) is 0.900. The van der Waals surface area contributed by atoms with Crippen molar-refractivity contribution in [2.75, 3.05) is 7.11 Å². The molecule has 3 unspecified atom stereocenters. The van der Waals surface area contributed by atoms with E-state index in [-0.39, 0.29) is 11.6 Å². The lowest BCUT2D eigenvalue weighted by Gasteiger charge is -2.43. The zero-order valence-electron chi connectivity index (χ0n) is 11.2. The third kappa shape index (κ3) is 2.56. The molecule has 1 aromatic rings. The first-order chi connectivity index (χ1) is 8.59. The minimum absolute atomic E-state index is 0.154. The summed E-state index contributed by atoms with van der Waals surface area (Å²) in [4.78, 5) is 0. The van der Waals surface area contributed by atoms with Crippen LogP contribution in [0.4, 0.5) is 0 Å². The smallest absolute Gasteiger partial charge is 0.0873 e. The Morgan fingerprint density at radius 1 is 1.44 bits per heavy atom. The van der Waals surface area contributed by atoms with E-state index in [0.717, 1.165) is 23.4 Å². The van der Waals surface area contributed by atoms with Gasteiger partial charge >= 0.3 is 0 Å². The van der Waals surface area contributed by atoms with Gasteiger partial charge in [0.05, 0.1) is 11.6 Å². The summed E-state index contributed by atoms with van der Waals surface area (Å²) in [7, 11) is 1.77. The van der Waals surface area contributed by atoms with E-state index in [2.05, 4.69) is 6.92 Å². The summed E-state index contributed by atoms with van der Waals surface area (Å²) in [5.41, 5.74) is 7.20. The highest BCUT2D eigenvalue weighted by atomic mass is 35.5. The van der Waals surface area contributed by atoms with E-state index in [1.807, 2.05) is 24.3 Å². The van der Waals surface area contributed by atoms with Crippen molar-refractivity contribution < 1.29 is 4.74 Å². The fourth-order valence-corrected chi connectivity index (χ4v) is 3.40.